The molecule has 4 rings (SSSR count). The quantitative estimate of drug-likeness (QED) is 0.424. The van der Waals surface area contributed by atoms with E-state index in [0.29, 0.717) is 36.5 Å². The molecule has 0 radical (unpaired) electrons. The third-order valence-electron chi connectivity index (χ3n) is 6.67. The molecular formula is C25H35F2N5O3S. The highest BCUT2D eigenvalue weighted by Crippen LogP contribution is 2.41. The number of nitrogens with zero attached hydrogens (tertiary/aromatic N) is 3. The van der Waals surface area contributed by atoms with Crippen LogP contribution >= 0.6 is 11.3 Å². The zero-order valence-corrected chi connectivity index (χ0v) is 21.9. The summed E-state index contributed by atoms with van der Waals surface area (Å²) in [5.74, 6) is -0.120. The van der Waals surface area contributed by atoms with Crippen molar-refractivity contribution in [2.24, 2.45) is 0 Å². The topological polar surface area (TPSA) is 111 Å². The SMILES string of the molecule is C[C@H]1CCCN1C(O)c1nc(C(=O)N[C@H]2CC[C@H](O)C2)sc1-c1cnc(NC(C)(C)C)cc1C(F)F. The monoisotopic (exact) mass is 523 g/mol. The zero-order chi connectivity index (χ0) is 26.2. The Bertz CT molecular complexity index is 1090. The first kappa shape index (κ1) is 26.8. The largest absolute Gasteiger partial charge is 0.393 e. The number of pyridine rings is 1. The molecule has 4 N–H and O–H groups in total. The molecule has 1 aliphatic heterocycles. The van der Waals surface area contributed by atoms with Crippen molar-refractivity contribution in [2.45, 2.75) is 96.2 Å². The first-order chi connectivity index (χ1) is 16.9. The van der Waals surface area contributed by atoms with Gasteiger partial charge in [-0.05, 0) is 65.9 Å². The highest BCUT2D eigenvalue weighted by Gasteiger charge is 2.34. The molecule has 36 heavy (non-hydrogen) atoms. The number of nitrogens with one attached hydrogen (secondary N) is 2. The number of aromatic nitrogens is 2. The Kier molecular flexibility index (Phi) is 7.94. The lowest BCUT2D eigenvalue weighted by Gasteiger charge is -2.27. The van der Waals surface area contributed by atoms with Gasteiger partial charge >= 0.3 is 0 Å². The molecule has 1 saturated carbocycles. The number of carbonyl (C=O) groups is 1. The highest BCUT2D eigenvalue weighted by atomic mass is 32.1. The van der Waals surface area contributed by atoms with E-state index in [1.807, 2.05) is 32.6 Å². The van der Waals surface area contributed by atoms with Gasteiger partial charge in [-0.2, -0.15) is 0 Å². The van der Waals surface area contributed by atoms with Gasteiger partial charge in [0.1, 0.15) is 11.5 Å². The van der Waals surface area contributed by atoms with Crippen molar-refractivity contribution in [3.05, 3.63) is 28.5 Å². The summed E-state index contributed by atoms with van der Waals surface area (Å²) in [7, 11) is 0. The Morgan fingerprint density at radius 2 is 2.03 bits per heavy atom. The number of rotatable bonds is 7. The van der Waals surface area contributed by atoms with E-state index in [2.05, 4.69) is 20.6 Å². The van der Waals surface area contributed by atoms with Crippen molar-refractivity contribution in [3.8, 4) is 10.4 Å². The minimum Gasteiger partial charge on any atom is -0.393 e. The van der Waals surface area contributed by atoms with Gasteiger partial charge in [0.05, 0.1) is 11.0 Å². The van der Waals surface area contributed by atoms with Crippen LogP contribution in [-0.2, 0) is 0 Å². The fourth-order valence-electron chi connectivity index (χ4n) is 4.90. The van der Waals surface area contributed by atoms with Crippen LogP contribution in [0.25, 0.3) is 10.4 Å². The number of thiazole rings is 1. The minimum atomic E-state index is -2.79. The predicted octanol–water partition coefficient (Wildman–Crippen LogP) is 4.47. The standard InChI is InChI=1S/C25H35F2N5O3S/c1-13-6-5-9-32(13)24(35)19-20(36-23(30-19)22(34)29-14-7-8-15(33)10-14)17-12-28-18(31-25(2,3)4)11-16(17)21(26)27/h11-15,21,24,33,35H,5-10H2,1-4H3,(H,28,31)(H,29,34)/t13-,14-,15-,24?/m0/s1. The van der Waals surface area contributed by atoms with Crippen LogP contribution in [0.2, 0.25) is 0 Å². The van der Waals surface area contributed by atoms with Crippen LogP contribution in [0.5, 0.6) is 0 Å². The van der Waals surface area contributed by atoms with Crippen LogP contribution in [0.15, 0.2) is 12.3 Å². The molecule has 1 saturated heterocycles. The van der Waals surface area contributed by atoms with E-state index in [0.717, 1.165) is 24.2 Å². The van der Waals surface area contributed by atoms with Crippen molar-refractivity contribution >= 4 is 23.1 Å². The van der Waals surface area contributed by atoms with E-state index in [1.54, 1.807) is 0 Å². The summed E-state index contributed by atoms with van der Waals surface area (Å²) in [6, 6.07) is 1.24. The fraction of sp³-hybridized carbons (Fsp3) is 0.640. The molecule has 2 aromatic rings. The van der Waals surface area contributed by atoms with E-state index < -0.39 is 24.7 Å². The van der Waals surface area contributed by atoms with Gasteiger partial charge < -0.3 is 20.8 Å². The molecule has 0 spiro atoms. The molecule has 2 aliphatic rings. The Labute approximate surface area is 214 Å². The van der Waals surface area contributed by atoms with Crippen LogP contribution in [-0.4, -0.2) is 61.3 Å². The van der Waals surface area contributed by atoms with Crippen molar-refractivity contribution in [3.63, 3.8) is 0 Å². The van der Waals surface area contributed by atoms with Crippen LogP contribution in [0, 0.1) is 0 Å². The molecular weight excluding hydrogens is 488 g/mol. The molecule has 1 unspecified atom stereocenters. The average molecular weight is 524 g/mol. The number of aliphatic hydroxyl groups is 2. The molecule has 1 amide bonds. The molecule has 11 heteroatoms. The first-order valence-corrected chi connectivity index (χ1v) is 13.2. The van der Waals surface area contributed by atoms with Gasteiger partial charge in [0, 0.05) is 41.5 Å². The summed E-state index contributed by atoms with van der Waals surface area (Å²) in [5.41, 5.74) is -0.275. The van der Waals surface area contributed by atoms with E-state index in [1.165, 1.54) is 12.3 Å². The van der Waals surface area contributed by atoms with Crippen LogP contribution in [0.1, 0.15) is 93.5 Å². The third kappa shape index (κ3) is 6.01. The van der Waals surface area contributed by atoms with Gasteiger partial charge in [0.15, 0.2) is 11.2 Å². The number of carbonyl (C=O) groups excluding carboxylic acids is 1. The maximum absolute atomic E-state index is 14.2. The Morgan fingerprint density at radius 1 is 1.28 bits per heavy atom. The fourth-order valence-corrected chi connectivity index (χ4v) is 5.93. The molecule has 1 aliphatic carbocycles. The summed E-state index contributed by atoms with van der Waals surface area (Å²) < 4.78 is 28.5. The van der Waals surface area contributed by atoms with Crippen LogP contribution in [0.3, 0.4) is 0 Å². The third-order valence-corrected chi connectivity index (χ3v) is 7.77. The van der Waals surface area contributed by atoms with Gasteiger partial charge in [-0.3, -0.25) is 9.69 Å². The number of alkyl halides is 2. The predicted molar refractivity (Wildman–Crippen MR) is 135 cm³/mol. The molecule has 2 fully saturated rings. The first-order valence-electron chi connectivity index (χ1n) is 12.4. The molecule has 3 heterocycles. The van der Waals surface area contributed by atoms with Gasteiger partial charge in [-0.1, -0.05) is 0 Å². The normalized spacial score (nSPS) is 23.9. The summed E-state index contributed by atoms with van der Waals surface area (Å²) >= 11 is 0.978. The molecule has 0 bridgehead atoms. The van der Waals surface area contributed by atoms with E-state index in [-0.39, 0.29) is 39.5 Å². The Balaban J connectivity index is 1.74. The zero-order valence-electron chi connectivity index (χ0n) is 21.1. The average Bonchev–Trinajstić information content (AvgIpc) is 3.52. The van der Waals surface area contributed by atoms with Gasteiger partial charge in [-0.25, -0.2) is 18.7 Å². The lowest BCUT2D eigenvalue weighted by molar-refractivity contribution is -0.00523. The molecule has 2 aromatic heterocycles. The smallest absolute Gasteiger partial charge is 0.280 e. The number of aliphatic hydroxyl groups excluding tert-OH is 2. The van der Waals surface area contributed by atoms with Crippen molar-refractivity contribution in [1.82, 2.24) is 20.2 Å². The second-order valence-electron chi connectivity index (χ2n) is 10.8. The molecule has 198 valence electrons. The number of likely N-dealkylation sites (tertiary alicyclic amines) is 1. The lowest BCUT2D eigenvalue weighted by Crippen LogP contribution is -2.34. The number of amides is 1. The summed E-state index contributed by atoms with van der Waals surface area (Å²) in [6.07, 6.45) is 0.540. The summed E-state index contributed by atoms with van der Waals surface area (Å²) in [5, 5.41) is 27.1. The lowest BCUT2D eigenvalue weighted by atomic mass is 10.1. The van der Waals surface area contributed by atoms with Crippen LogP contribution < -0.4 is 10.6 Å². The second-order valence-corrected chi connectivity index (χ2v) is 11.8. The maximum Gasteiger partial charge on any atom is 0.280 e. The number of anilines is 1. The number of halogens is 2. The number of hydrogen-bond donors (Lipinski definition) is 4. The molecule has 0 aromatic carbocycles. The Morgan fingerprint density at radius 3 is 2.61 bits per heavy atom. The van der Waals surface area contributed by atoms with Gasteiger partial charge in [-0.15, -0.1) is 11.3 Å². The van der Waals surface area contributed by atoms with Gasteiger partial charge in [0.2, 0.25) is 0 Å². The second kappa shape index (κ2) is 10.6. The summed E-state index contributed by atoms with van der Waals surface area (Å²) in [6.45, 7) is 8.38. The Hall–Kier alpha value is -2.21. The van der Waals surface area contributed by atoms with Crippen LogP contribution in [0.4, 0.5) is 14.6 Å². The van der Waals surface area contributed by atoms with E-state index >= 15 is 0 Å². The summed E-state index contributed by atoms with van der Waals surface area (Å²) in [4.78, 5) is 24.0. The maximum atomic E-state index is 14.2. The van der Waals surface area contributed by atoms with Gasteiger partial charge in [0.25, 0.3) is 12.3 Å². The highest BCUT2D eigenvalue weighted by molar-refractivity contribution is 7.17. The molecule has 8 nitrogen and oxygen atoms in total. The minimum absolute atomic E-state index is 0.0874. The van der Waals surface area contributed by atoms with Crippen molar-refractivity contribution in [1.29, 1.82) is 0 Å². The van der Waals surface area contributed by atoms with Crippen molar-refractivity contribution in [2.75, 3.05) is 11.9 Å². The number of hydrogen-bond acceptors (Lipinski definition) is 8. The van der Waals surface area contributed by atoms with E-state index in [9.17, 15) is 23.8 Å². The van der Waals surface area contributed by atoms with Crippen molar-refractivity contribution < 1.29 is 23.8 Å². The molecule has 4 atom stereocenters. The van der Waals surface area contributed by atoms with E-state index in [4.69, 9.17) is 0 Å².